The third-order valence-electron chi connectivity index (χ3n) is 5.03. The fraction of sp³-hybridized carbons (Fsp3) is 0.200. The van der Waals surface area contributed by atoms with Gasteiger partial charge in [0.2, 0.25) is 5.91 Å². The van der Waals surface area contributed by atoms with Crippen LogP contribution in [0.2, 0.25) is 0 Å². The van der Waals surface area contributed by atoms with Gasteiger partial charge >= 0.3 is 5.97 Å². The average Bonchev–Trinajstić information content (AvgIpc) is 2.79. The maximum atomic E-state index is 13.4. The van der Waals surface area contributed by atoms with Gasteiger partial charge in [-0.25, -0.2) is 9.18 Å². The number of rotatable bonds is 8. The Balaban J connectivity index is 1.72. The van der Waals surface area contributed by atoms with E-state index in [0.29, 0.717) is 11.1 Å². The monoisotopic (exact) mass is 420 g/mol. The normalized spacial score (nSPS) is 11.7. The summed E-state index contributed by atoms with van der Waals surface area (Å²) in [5, 5.41) is 2.87. The number of carbonyl (C=O) groups is 2. The van der Waals surface area contributed by atoms with Crippen LogP contribution in [0.1, 0.15) is 33.1 Å². The van der Waals surface area contributed by atoms with Gasteiger partial charge in [0.25, 0.3) is 0 Å². The fourth-order valence-electron chi connectivity index (χ4n) is 3.53. The maximum Gasteiger partial charge on any atom is 0.338 e. The van der Waals surface area contributed by atoms with Crippen molar-refractivity contribution in [1.29, 1.82) is 0 Å². The molecule has 1 atom stereocenters. The van der Waals surface area contributed by atoms with Crippen LogP contribution in [-0.4, -0.2) is 37.5 Å². The van der Waals surface area contributed by atoms with E-state index >= 15 is 0 Å². The summed E-state index contributed by atoms with van der Waals surface area (Å²) in [6.07, 6.45) is 0. The van der Waals surface area contributed by atoms with Gasteiger partial charge in [-0.1, -0.05) is 60.7 Å². The first-order chi connectivity index (χ1) is 15.0. The van der Waals surface area contributed by atoms with Gasteiger partial charge < -0.3 is 10.1 Å². The Kier molecular flexibility index (Phi) is 7.51. The van der Waals surface area contributed by atoms with Crippen molar-refractivity contribution in [3.63, 3.8) is 0 Å². The van der Waals surface area contributed by atoms with Crippen LogP contribution < -0.4 is 5.32 Å². The third kappa shape index (κ3) is 5.77. The molecular weight excluding hydrogens is 395 g/mol. The van der Waals surface area contributed by atoms with Crippen LogP contribution in [-0.2, 0) is 16.1 Å². The highest BCUT2D eigenvalue weighted by atomic mass is 19.1. The molecular formula is C25H25FN2O3. The van der Waals surface area contributed by atoms with Gasteiger partial charge in [0, 0.05) is 6.54 Å². The standard InChI is InChI=1S/C25H25FN2O3/c1-28(17-23(29)27-16-20-10-6-7-11-22(20)25(30)31-2)24(18-8-4-3-5-9-18)19-12-14-21(26)15-13-19/h3-15,24H,16-17H2,1-2H3,(H,27,29). The van der Waals surface area contributed by atoms with Gasteiger partial charge in [-0.3, -0.25) is 9.69 Å². The lowest BCUT2D eigenvalue weighted by molar-refractivity contribution is -0.122. The Morgan fingerprint density at radius 2 is 1.55 bits per heavy atom. The molecule has 0 bridgehead atoms. The van der Waals surface area contributed by atoms with Crippen LogP contribution in [0.4, 0.5) is 4.39 Å². The number of hydrogen-bond donors (Lipinski definition) is 1. The second kappa shape index (κ2) is 10.5. The Morgan fingerprint density at radius 3 is 2.23 bits per heavy atom. The summed E-state index contributed by atoms with van der Waals surface area (Å²) in [5.41, 5.74) is 3.00. The highest BCUT2D eigenvalue weighted by molar-refractivity contribution is 5.91. The van der Waals surface area contributed by atoms with Crippen LogP contribution in [0.5, 0.6) is 0 Å². The number of amides is 1. The van der Waals surface area contributed by atoms with Gasteiger partial charge in [0.15, 0.2) is 0 Å². The number of carbonyl (C=O) groups excluding carboxylic acids is 2. The number of halogens is 1. The molecule has 0 aliphatic carbocycles. The zero-order valence-electron chi connectivity index (χ0n) is 17.5. The zero-order valence-corrected chi connectivity index (χ0v) is 17.5. The van der Waals surface area contributed by atoms with Gasteiger partial charge in [0.05, 0.1) is 25.3 Å². The van der Waals surface area contributed by atoms with E-state index in [4.69, 9.17) is 4.74 Å². The van der Waals surface area contributed by atoms with E-state index in [-0.39, 0.29) is 30.9 Å². The first-order valence-corrected chi connectivity index (χ1v) is 9.93. The Morgan fingerprint density at radius 1 is 0.935 bits per heavy atom. The van der Waals surface area contributed by atoms with E-state index in [1.54, 1.807) is 36.4 Å². The molecule has 0 aliphatic heterocycles. The molecule has 1 amide bonds. The number of ether oxygens (including phenoxy) is 1. The number of hydrogen-bond acceptors (Lipinski definition) is 4. The van der Waals surface area contributed by atoms with Crippen molar-refractivity contribution in [2.24, 2.45) is 0 Å². The summed E-state index contributed by atoms with van der Waals surface area (Å²) in [6.45, 7) is 0.335. The highest BCUT2D eigenvalue weighted by Crippen LogP contribution is 2.27. The van der Waals surface area contributed by atoms with Crippen molar-refractivity contribution in [3.8, 4) is 0 Å². The third-order valence-corrected chi connectivity index (χ3v) is 5.03. The second-order valence-electron chi connectivity index (χ2n) is 7.21. The SMILES string of the molecule is COC(=O)c1ccccc1CNC(=O)CN(C)C(c1ccccc1)c1ccc(F)cc1. The Bertz CT molecular complexity index is 1020. The zero-order chi connectivity index (χ0) is 22.2. The lowest BCUT2D eigenvalue weighted by Gasteiger charge is -2.28. The molecule has 0 radical (unpaired) electrons. The Labute approximate surface area is 181 Å². The molecule has 6 heteroatoms. The summed E-state index contributed by atoms with van der Waals surface area (Å²) in [5.74, 6) is -0.937. The van der Waals surface area contributed by atoms with Crippen molar-refractivity contribution in [1.82, 2.24) is 10.2 Å². The summed E-state index contributed by atoms with van der Waals surface area (Å²) in [4.78, 5) is 26.5. The minimum Gasteiger partial charge on any atom is -0.465 e. The van der Waals surface area contributed by atoms with E-state index < -0.39 is 5.97 Å². The molecule has 3 rings (SSSR count). The van der Waals surface area contributed by atoms with Crippen LogP contribution in [0, 0.1) is 5.82 Å². The van der Waals surface area contributed by atoms with Crippen molar-refractivity contribution in [2.75, 3.05) is 20.7 Å². The molecule has 0 aromatic heterocycles. The van der Waals surface area contributed by atoms with Gasteiger partial charge in [0.1, 0.15) is 5.82 Å². The minimum absolute atomic E-state index is 0.122. The van der Waals surface area contributed by atoms with Gasteiger partial charge in [-0.2, -0.15) is 0 Å². The largest absolute Gasteiger partial charge is 0.465 e. The molecule has 3 aromatic carbocycles. The molecule has 0 spiro atoms. The number of methoxy groups -OCH3 is 1. The first-order valence-electron chi connectivity index (χ1n) is 9.93. The molecule has 31 heavy (non-hydrogen) atoms. The number of nitrogens with one attached hydrogen (secondary N) is 1. The van der Waals surface area contributed by atoms with Crippen LogP contribution >= 0.6 is 0 Å². The van der Waals surface area contributed by atoms with E-state index in [9.17, 15) is 14.0 Å². The first kappa shape index (κ1) is 22.2. The molecule has 1 N–H and O–H groups in total. The quantitative estimate of drug-likeness (QED) is 0.561. The topological polar surface area (TPSA) is 58.6 Å². The summed E-state index contributed by atoms with van der Waals surface area (Å²) in [6, 6.07) is 22.8. The molecule has 160 valence electrons. The predicted molar refractivity (Wildman–Crippen MR) is 117 cm³/mol. The molecule has 5 nitrogen and oxygen atoms in total. The average molecular weight is 420 g/mol. The molecule has 0 saturated heterocycles. The minimum atomic E-state index is -0.442. The van der Waals surface area contributed by atoms with Crippen molar-refractivity contribution < 1.29 is 18.7 Å². The summed E-state index contributed by atoms with van der Waals surface area (Å²) >= 11 is 0. The number of likely N-dealkylation sites (N-methyl/N-ethyl adjacent to an activating group) is 1. The number of esters is 1. The lowest BCUT2D eigenvalue weighted by atomic mass is 9.97. The predicted octanol–water partition coefficient (Wildman–Crippen LogP) is 3.95. The van der Waals surface area contributed by atoms with E-state index in [0.717, 1.165) is 11.1 Å². The van der Waals surface area contributed by atoms with Crippen molar-refractivity contribution in [2.45, 2.75) is 12.6 Å². The fourth-order valence-corrected chi connectivity index (χ4v) is 3.53. The lowest BCUT2D eigenvalue weighted by Crippen LogP contribution is -2.37. The molecule has 1 unspecified atom stereocenters. The van der Waals surface area contributed by atoms with E-state index in [1.807, 2.05) is 42.3 Å². The second-order valence-corrected chi connectivity index (χ2v) is 7.21. The smallest absolute Gasteiger partial charge is 0.338 e. The molecule has 0 saturated carbocycles. The van der Waals surface area contributed by atoms with Crippen LogP contribution in [0.15, 0.2) is 78.9 Å². The van der Waals surface area contributed by atoms with E-state index in [1.165, 1.54) is 19.2 Å². The number of benzene rings is 3. The van der Waals surface area contributed by atoms with Crippen LogP contribution in [0.3, 0.4) is 0 Å². The molecule has 0 aliphatic rings. The highest BCUT2D eigenvalue weighted by Gasteiger charge is 2.21. The summed E-state index contributed by atoms with van der Waals surface area (Å²) < 4.78 is 18.2. The van der Waals surface area contributed by atoms with E-state index in [2.05, 4.69) is 5.32 Å². The van der Waals surface area contributed by atoms with Crippen LogP contribution in [0.25, 0.3) is 0 Å². The summed E-state index contributed by atoms with van der Waals surface area (Å²) in [7, 11) is 3.18. The molecule has 0 heterocycles. The molecule has 3 aromatic rings. The Hall–Kier alpha value is -3.51. The molecule has 0 fully saturated rings. The van der Waals surface area contributed by atoms with Gasteiger partial charge in [-0.15, -0.1) is 0 Å². The number of nitrogens with zero attached hydrogens (tertiary/aromatic N) is 1. The van der Waals surface area contributed by atoms with Gasteiger partial charge in [-0.05, 0) is 41.9 Å². The maximum absolute atomic E-state index is 13.4. The van der Waals surface area contributed by atoms with Crippen molar-refractivity contribution in [3.05, 3.63) is 107 Å². The van der Waals surface area contributed by atoms with Crippen molar-refractivity contribution >= 4 is 11.9 Å².